The molecule has 0 unspecified atom stereocenters. The molecule has 1 aliphatic rings. The maximum Gasteiger partial charge on any atom is 0.309 e. The summed E-state index contributed by atoms with van der Waals surface area (Å²) >= 11 is 0. The largest absolute Gasteiger partial charge is 0.452 e. The molecule has 2 amide bonds. The molecular formula is C21H29FN2O4. The Kier molecular flexibility index (Phi) is 6.80. The lowest BCUT2D eigenvalue weighted by Gasteiger charge is -2.35. The number of ether oxygens (including phenoxy) is 1. The maximum absolute atomic E-state index is 13.6. The van der Waals surface area contributed by atoms with Crippen LogP contribution in [0.15, 0.2) is 18.2 Å². The molecule has 1 atom stereocenters. The fourth-order valence-corrected chi connectivity index (χ4v) is 3.03. The minimum Gasteiger partial charge on any atom is -0.452 e. The molecule has 1 heterocycles. The van der Waals surface area contributed by atoms with Crippen molar-refractivity contribution in [3.05, 3.63) is 29.6 Å². The Bertz CT molecular complexity index is 749. The zero-order chi connectivity index (χ0) is 21.1. The van der Waals surface area contributed by atoms with E-state index in [1.165, 1.54) is 13.0 Å². The van der Waals surface area contributed by atoms with Gasteiger partial charge in [0.05, 0.1) is 5.92 Å². The molecule has 28 heavy (non-hydrogen) atoms. The average Bonchev–Trinajstić information content (AvgIpc) is 2.63. The first-order valence-corrected chi connectivity index (χ1v) is 9.56. The molecular weight excluding hydrogens is 363 g/mol. The Balaban J connectivity index is 1.84. The highest BCUT2D eigenvalue weighted by molar-refractivity contribution is 5.95. The van der Waals surface area contributed by atoms with Crippen LogP contribution in [0.25, 0.3) is 0 Å². The number of halogens is 1. The van der Waals surface area contributed by atoms with Crippen molar-refractivity contribution in [1.29, 1.82) is 0 Å². The SMILES string of the molecule is Cc1ccc(NC(=O)[C@@H](C)OC(=O)C2CCN(C(=O)C(C)(C)C)CC2)cc1F. The highest BCUT2D eigenvalue weighted by Gasteiger charge is 2.33. The third-order valence-electron chi connectivity index (χ3n) is 4.86. The van der Waals surface area contributed by atoms with E-state index in [0.29, 0.717) is 37.2 Å². The summed E-state index contributed by atoms with van der Waals surface area (Å²) in [7, 11) is 0. The van der Waals surface area contributed by atoms with Gasteiger partial charge in [0, 0.05) is 24.2 Å². The number of rotatable bonds is 4. The van der Waals surface area contributed by atoms with Gasteiger partial charge in [-0.3, -0.25) is 14.4 Å². The molecule has 154 valence electrons. The Morgan fingerprint density at radius 1 is 1.21 bits per heavy atom. The Labute approximate surface area is 165 Å². The van der Waals surface area contributed by atoms with Gasteiger partial charge < -0.3 is 15.0 Å². The Morgan fingerprint density at radius 2 is 1.82 bits per heavy atom. The molecule has 0 radical (unpaired) electrons. The van der Waals surface area contributed by atoms with Gasteiger partial charge in [-0.1, -0.05) is 26.8 Å². The first kappa shape index (κ1) is 21.9. The van der Waals surface area contributed by atoms with Crippen molar-refractivity contribution >= 4 is 23.5 Å². The van der Waals surface area contributed by atoms with Crippen molar-refractivity contribution in [3.8, 4) is 0 Å². The summed E-state index contributed by atoms with van der Waals surface area (Å²) in [6.45, 7) is 9.72. The monoisotopic (exact) mass is 392 g/mol. The van der Waals surface area contributed by atoms with Gasteiger partial charge in [-0.05, 0) is 44.4 Å². The molecule has 0 spiro atoms. The van der Waals surface area contributed by atoms with E-state index < -0.39 is 29.2 Å². The van der Waals surface area contributed by atoms with Crippen LogP contribution in [0.1, 0.15) is 46.1 Å². The van der Waals surface area contributed by atoms with Gasteiger partial charge in [0.1, 0.15) is 5.82 Å². The first-order valence-electron chi connectivity index (χ1n) is 9.56. The Morgan fingerprint density at radius 3 is 2.36 bits per heavy atom. The molecule has 0 aliphatic carbocycles. The van der Waals surface area contributed by atoms with Crippen LogP contribution < -0.4 is 5.32 Å². The number of amides is 2. The smallest absolute Gasteiger partial charge is 0.309 e. The number of nitrogens with zero attached hydrogens (tertiary/aromatic N) is 1. The summed E-state index contributed by atoms with van der Waals surface area (Å²) in [5.41, 5.74) is 0.342. The number of piperidine rings is 1. The number of esters is 1. The number of likely N-dealkylation sites (tertiary alicyclic amines) is 1. The van der Waals surface area contributed by atoms with Gasteiger partial charge in [0.2, 0.25) is 5.91 Å². The second-order valence-electron chi connectivity index (χ2n) is 8.35. The van der Waals surface area contributed by atoms with E-state index in [1.54, 1.807) is 24.0 Å². The van der Waals surface area contributed by atoms with Crippen LogP contribution in [0.5, 0.6) is 0 Å². The number of nitrogens with one attached hydrogen (secondary N) is 1. The highest BCUT2D eigenvalue weighted by Crippen LogP contribution is 2.24. The molecule has 6 nitrogen and oxygen atoms in total. The summed E-state index contributed by atoms with van der Waals surface area (Å²) in [4.78, 5) is 38.7. The topological polar surface area (TPSA) is 75.7 Å². The van der Waals surface area contributed by atoms with E-state index in [-0.39, 0.29) is 11.8 Å². The van der Waals surface area contributed by atoms with Crippen LogP contribution in [0.4, 0.5) is 10.1 Å². The fraction of sp³-hybridized carbons (Fsp3) is 0.571. The summed E-state index contributed by atoms with van der Waals surface area (Å²) in [6.07, 6.45) is 0.0298. The summed E-state index contributed by atoms with van der Waals surface area (Å²) < 4.78 is 18.9. The summed E-state index contributed by atoms with van der Waals surface area (Å²) in [5.74, 6) is -1.65. The minimum absolute atomic E-state index is 0.0670. The number of hydrogen-bond acceptors (Lipinski definition) is 4. The molecule has 0 aromatic heterocycles. The minimum atomic E-state index is -0.994. The molecule has 0 saturated carbocycles. The molecule has 1 N–H and O–H groups in total. The molecule has 0 bridgehead atoms. The standard InChI is InChI=1S/C21H29FN2O4/c1-13-6-7-16(12-17(13)22)23-18(25)14(2)28-19(26)15-8-10-24(11-9-15)20(27)21(3,4)5/h6-7,12,14-15H,8-11H2,1-5H3,(H,23,25)/t14-/m1/s1. The third kappa shape index (κ3) is 5.53. The van der Waals surface area contributed by atoms with Crippen LogP contribution in [-0.4, -0.2) is 41.9 Å². The number of carbonyl (C=O) groups is 3. The second-order valence-corrected chi connectivity index (χ2v) is 8.35. The van der Waals surface area contributed by atoms with Crippen LogP contribution in [0.3, 0.4) is 0 Å². The normalized spacial score (nSPS) is 16.4. The Hall–Kier alpha value is -2.44. The van der Waals surface area contributed by atoms with Crippen LogP contribution in [0, 0.1) is 24.1 Å². The summed E-state index contributed by atoms with van der Waals surface area (Å²) in [5, 5.41) is 2.55. The summed E-state index contributed by atoms with van der Waals surface area (Å²) in [6, 6.07) is 4.38. The molecule has 1 saturated heterocycles. The van der Waals surface area contributed by atoms with E-state index >= 15 is 0 Å². The average molecular weight is 392 g/mol. The maximum atomic E-state index is 13.6. The van der Waals surface area contributed by atoms with Gasteiger partial charge >= 0.3 is 5.97 Å². The van der Waals surface area contributed by atoms with E-state index in [4.69, 9.17) is 4.74 Å². The number of anilines is 1. The zero-order valence-electron chi connectivity index (χ0n) is 17.2. The zero-order valence-corrected chi connectivity index (χ0v) is 17.2. The van der Waals surface area contributed by atoms with Crippen molar-refractivity contribution in [1.82, 2.24) is 4.90 Å². The lowest BCUT2D eigenvalue weighted by molar-refractivity contribution is -0.160. The van der Waals surface area contributed by atoms with E-state index in [2.05, 4.69) is 5.32 Å². The van der Waals surface area contributed by atoms with Gasteiger partial charge in [-0.25, -0.2) is 4.39 Å². The molecule has 1 aromatic carbocycles. The van der Waals surface area contributed by atoms with E-state index in [9.17, 15) is 18.8 Å². The quantitative estimate of drug-likeness (QED) is 0.798. The van der Waals surface area contributed by atoms with Crippen molar-refractivity contribution in [2.24, 2.45) is 11.3 Å². The first-order chi connectivity index (χ1) is 13.0. The number of benzene rings is 1. The highest BCUT2D eigenvalue weighted by atomic mass is 19.1. The van der Waals surface area contributed by atoms with Crippen LogP contribution >= 0.6 is 0 Å². The van der Waals surface area contributed by atoms with Gasteiger partial charge in [0.15, 0.2) is 6.10 Å². The predicted molar refractivity (Wildman–Crippen MR) is 104 cm³/mol. The fourth-order valence-electron chi connectivity index (χ4n) is 3.03. The van der Waals surface area contributed by atoms with Crippen LogP contribution in [-0.2, 0) is 19.1 Å². The lowest BCUT2D eigenvalue weighted by atomic mass is 9.91. The van der Waals surface area contributed by atoms with Gasteiger partial charge in [0.25, 0.3) is 5.91 Å². The number of aryl methyl sites for hydroxylation is 1. The molecule has 1 fully saturated rings. The van der Waals surface area contributed by atoms with Crippen molar-refractivity contribution in [2.45, 2.75) is 53.6 Å². The lowest BCUT2D eigenvalue weighted by Crippen LogP contribution is -2.45. The molecule has 2 rings (SSSR count). The van der Waals surface area contributed by atoms with E-state index in [0.717, 1.165) is 0 Å². The van der Waals surface area contributed by atoms with Gasteiger partial charge in [-0.15, -0.1) is 0 Å². The third-order valence-corrected chi connectivity index (χ3v) is 4.86. The van der Waals surface area contributed by atoms with Crippen molar-refractivity contribution in [3.63, 3.8) is 0 Å². The second kappa shape index (κ2) is 8.71. The molecule has 1 aliphatic heterocycles. The molecule has 1 aromatic rings. The van der Waals surface area contributed by atoms with Gasteiger partial charge in [-0.2, -0.15) is 0 Å². The molecule has 7 heteroatoms. The van der Waals surface area contributed by atoms with Crippen LogP contribution in [0.2, 0.25) is 0 Å². The predicted octanol–water partition coefficient (Wildman–Crippen LogP) is 3.29. The number of carbonyl (C=O) groups excluding carboxylic acids is 3. The van der Waals surface area contributed by atoms with E-state index in [1.807, 2.05) is 20.8 Å². The van der Waals surface area contributed by atoms with Crippen molar-refractivity contribution < 1.29 is 23.5 Å². The van der Waals surface area contributed by atoms with Crippen molar-refractivity contribution in [2.75, 3.05) is 18.4 Å². The number of hydrogen-bond donors (Lipinski definition) is 1.